The van der Waals surface area contributed by atoms with Gasteiger partial charge < -0.3 is 24.6 Å². The van der Waals surface area contributed by atoms with Gasteiger partial charge in [-0.1, -0.05) is 24.6 Å². The van der Waals surface area contributed by atoms with Gasteiger partial charge in [-0.3, -0.25) is 0 Å². The predicted octanol–water partition coefficient (Wildman–Crippen LogP) is 4.86. The maximum Gasteiger partial charge on any atom is 0.335 e. The first-order valence-electron chi connectivity index (χ1n) is 15.5. The fourth-order valence-corrected chi connectivity index (χ4v) is 9.32. The van der Waals surface area contributed by atoms with Gasteiger partial charge in [-0.2, -0.15) is 0 Å². The topological polar surface area (TPSA) is 87.3 Å². The van der Waals surface area contributed by atoms with E-state index in [0.29, 0.717) is 18.4 Å². The molecule has 7 nitrogen and oxygen atoms in total. The van der Waals surface area contributed by atoms with E-state index in [1.807, 2.05) is 6.07 Å². The Bertz CT molecular complexity index is 1130. The molecule has 0 aromatic carbocycles. The fraction of sp³-hybridized carbons (Fsp3) is 0.750. The van der Waals surface area contributed by atoms with Gasteiger partial charge >= 0.3 is 5.63 Å². The van der Waals surface area contributed by atoms with Gasteiger partial charge in [-0.15, -0.1) is 0 Å². The molecule has 4 aliphatic carbocycles. The standard InChI is InChI=1S/C32H47N3O4/c1-30-12-9-25(34-39-20-4-18-35-17-3-15-33-16-19-35)21-24(30)6-7-28-27(30)10-13-31(2)26(11-14-32(28,31)37)23-5-8-29(36)38-22-23/h5,8,21-22,26-28,33,37H,3-4,6-7,9-20H2,1-2H3/b34-25+/t26-,27?,28?,30+,31-,32+/m1/s1. The summed E-state index contributed by atoms with van der Waals surface area (Å²) in [5.41, 5.74) is 2.62. The molecule has 0 spiro atoms. The Labute approximate surface area is 233 Å². The first-order valence-corrected chi connectivity index (χ1v) is 15.5. The number of aliphatic hydroxyl groups is 1. The summed E-state index contributed by atoms with van der Waals surface area (Å²) in [6, 6.07) is 3.44. The molecule has 39 heavy (non-hydrogen) atoms. The maximum atomic E-state index is 12.4. The van der Waals surface area contributed by atoms with Gasteiger partial charge in [-0.05, 0) is 118 Å². The van der Waals surface area contributed by atoms with Crippen molar-refractivity contribution in [1.29, 1.82) is 0 Å². The van der Waals surface area contributed by atoms with Crippen LogP contribution in [0.25, 0.3) is 0 Å². The third-order valence-corrected chi connectivity index (χ3v) is 11.6. The van der Waals surface area contributed by atoms with Gasteiger partial charge in [0.25, 0.3) is 0 Å². The lowest BCUT2D eigenvalue weighted by atomic mass is 9.45. The Balaban J connectivity index is 1.11. The van der Waals surface area contributed by atoms with Crippen molar-refractivity contribution in [3.05, 3.63) is 46.0 Å². The van der Waals surface area contributed by atoms with Crippen LogP contribution in [0.4, 0.5) is 0 Å². The number of allylic oxidation sites excluding steroid dienone is 2. The van der Waals surface area contributed by atoms with Crippen LogP contribution in [0.2, 0.25) is 0 Å². The summed E-state index contributed by atoms with van der Waals surface area (Å²) in [5, 5.41) is 20.5. The van der Waals surface area contributed by atoms with Crippen LogP contribution in [0.5, 0.6) is 0 Å². The summed E-state index contributed by atoms with van der Waals surface area (Å²) < 4.78 is 5.23. The number of nitrogens with one attached hydrogen (secondary N) is 1. The fourth-order valence-electron chi connectivity index (χ4n) is 9.32. The molecule has 4 fully saturated rings. The number of oxime groups is 1. The average Bonchev–Trinajstić information content (AvgIpc) is 3.06. The summed E-state index contributed by atoms with van der Waals surface area (Å²) in [6.07, 6.45) is 14.2. The molecular weight excluding hydrogens is 490 g/mol. The van der Waals surface area contributed by atoms with Gasteiger partial charge in [0, 0.05) is 31.1 Å². The molecule has 214 valence electrons. The third kappa shape index (κ3) is 4.82. The zero-order valence-electron chi connectivity index (χ0n) is 23.9. The van der Waals surface area contributed by atoms with Crippen LogP contribution in [0.1, 0.15) is 89.5 Å². The van der Waals surface area contributed by atoms with Crippen LogP contribution in [0.15, 0.2) is 44.4 Å². The second kappa shape index (κ2) is 10.8. The highest BCUT2D eigenvalue weighted by Crippen LogP contribution is 2.69. The third-order valence-electron chi connectivity index (χ3n) is 11.6. The van der Waals surface area contributed by atoms with Crippen molar-refractivity contribution in [3.63, 3.8) is 0 Å². The number of nitrogens with zero attached hydrogens (tertiary/aromatic N) is 2. The highest BCUT2D eigenvalue weighted by Gasteiger charge is 2.66. The van der Waals surface area contributed by atoms with Crippen molar-refractivity contribution >= 4 is 5.71 Å². The van der Waals surface area contributed by atoms with Crippen LogP contribution in [0, 0.1) is 22.7 Å². The Hall–Kier alpha value is -1.96. The second-order valence-corrected chi connectivity index (χ2v) is 13.4. The normalized spacial score (nSPS) is 39.8. The molecule has 2 heterocycles. The molecule has 0 amide bonds. The summed E-state index contributed by atoms with van der Waals surface area (Å²) in [6.45, 7) is 11.0. The minimum Gasteiger partial charge on any atom is -0.431 e. The van der Waals surface area contributed by atoms with E-state index in [4.69, 9.17) is 9.25 Å². The monoisotopic (exact) mass is 537 g/mol. The van der Waals surface area contributed by atoms with Crippen molar-refractivity contribution in [2.45, 2.75) is 89.6 Å². The number of fused-ring (bicyclic) bond motifs is 5. The molecule has 1 saturated heterocycles. The first kappa shape index (κ1) is 27.2. The van der Waals surface area contributed by atoms with Gasteiger partial charge in [0.1, 0.15) is 6.61 Å². The molecule has 2 unspecified atom stereocenters. The van der Waals surface area contributed by atoms with E-state index in [-0.39, 0.29) is 22.4 Å². The van der Waals surface area contributed by atoms with Gasteiger partial charge in [-0.25, -0.2) is 4.79 Å². The summed E-state index contributed by atoms with van der Waals surface area (Å²) in [7, 11) is 0. The molecule has 6 rings (SSSR count). The number of rotatable bonds is 6. The lowest BCUT2D eigenvalue weighted by Crippen LogP contribution is -2.60. The highest BCUT2D eigenvalue weighted by atomic mass is 16.6. The Morgan fingerprint density at radius 2 is 2.00 bits per heavy atom. The molecule has 0 radical (unpaired) electrons. The molecular formula is C32H47N3O4. The molecule has 1 aromatic heterocycles. The lowest BCUT2D eigenvalue weighted by Gasteiger charge is -2.61. The van der Waals surface area contributed by atoms with Crippen molar-refractivity contribution in [2.24, 2.45) is 27.8 Å². The Morgan fingerprint density at radius 1 is 1.10 bits per heavy atom. The van der Waals surface area contributed by atoms with Crippen molar-refractivity contribution in [3.8, 4) is 0 Å². The second-order valence-electron chi connectivity index (χ2n) is 13.4. The minimum atomic E-state index is -0.674. The average molecular weight is 538 g/mol. The van der Waals surface area contributed by atoms with E-state index in [2.05, 4.69) is 35.3 Å². The molecule has 3 saturated carbocycles. The Kier molecular flexibility index (Phi) is 7.53. The van der Waals surface area contributed by atoms with Crippen LogP contribution >= 0.6 is 0 Å². The van der Waals surface area contributed by atoms with Gasteiger partial charge in [0.05, 0.1) is 17.6 Å². The Morgan fingerprint density at radius 3 is 2.85 bits per heavy atom. The molecule has 2 N–H and O–H groups in total. The van der Waals surface area contributed by atoms with E-state index in [0.717, 1.165) is 95.2 Å². The first-order chi connectivity index (χ1) is 18.8. The molecule has 5 aliphatic rings. The zero-order valence-corrected chi connectivity index (χ0v) is 23.9. The van der Waals surface area contributed by atoms with E-state index in [1.165, 1.54) is 24.6 Å². The summed E-state index contributed by atoms with van der Waals surface area (Å²) in [5.74, 6) is 1.03. The molecule has 7 heteroatoms. The van der Waals surface area contributed by atoms with E-state index in [9.17, 15) is 9.90 Å². The van der Waals surface area contributed by atoms with Crippen LogP contribution < -0.4 is 10.9 Å². The summed E-state index contributed by atoms with van der Waals surface area (Å²) in [4.78, 5) is 19.9. The van der Waals surface area contributed by atoms with Crippen molar-refractivity contribution < 1.29 is 14.4 Å². The van der Waals surface area contributed by atoms with Crippen molar-refractivity contribution in [2.75, 3.05) is 39.3 Å². The molecule has 0 bridgehead atoms. The van der Waals surface area contributed by atoms with Crippen molar-refractivity contribution in [1.82, 2.24) is 10.2 Å². The smallest absolute Gasteiger partial charge is 0.335 e. The summed E-state index contributed by atoms with van der Waals surface area (Å²) >= 11 is 0. The van der Waals surface area contributed by atoms with Gasteiger partial charge in [0.2, 0.25) is 0 Å². The zero-order chi connectivity index (χ0) is 27.1. The number of hydrogen-bond acceptors (Lipinski definition) is 7. The SMILES string of the molecule is C[C@]12CC/C(=N\OCCCN3CCCNCC3)C=C1CCC1C2CC[C@]2(C)[C@@H](c3ccc(=O)oc3)CC[C@]12O. The quantitative estimate of drug-likeness (QED) is 0.398. The predicted molar refractivity (Wildman–Crippen MR) is 153 cm³/mol. The van der Waals surface area contributed by atoms with E-state index >= 15 is 0 Å². The minimum absolute atomic E-state index is 0.122. The lowest BCUT2D eigenvalue weighted by molar-refractivity contribution is -0.176. The maximum absolute atomic E-state index is 12.4. The van der Waals surface area contributed by atoms with E-state index in [1.54, 1.807) is 6.26 Å². The van der Waals surface area contributed by atoms with Gasteiger partial charge in [0.15, 0.2) is 0 Å². The largest absolute Gasteiger partial charge is 0.431 e. The van der Waals surface area contributed by atoms with Crippen LogP contribution in [-0.4, -0.2) is 60.6 Å². The molecule has 1 aromatic rings. The van der Waals surface area contributed by atoms with Crippen LogP contribution in [0.3, 0.4) is 0 Å². The number of hydrogen-bond donors (Lipinski definition) is 2. The molecule has 1 aliphatic heterocycles. The highest BCUT2D eigenvalue weighted by molar-refractivity contribution is 5.96. The van der Waals surface area contributed by atoms with E-state index < -0.39 is 5.60 Å². The molecule has 6 atom stereocenters. The van der Waals surface area contributed by atoms with Crippen LogP contribution in [-0.2, 0) is 4.84 Å².